The number of aliphatic carboxylic acids is 1. The third kappa shape index (κ3) is 4.00. The van der Waals surface area contributed by atoms with Crippen LogP contribution < -0.4 is 5.32 Å². The first-order valence-corrected chi connectivity index (χ1v) is 8.21. The Labute approximate surface area is 129 Å². The van der Waals surface area contributed by atoms with Gasteiger partial charge >= 0.3 is 5.97 Å². The third-order valence-electron chi connectivity index (χ3n) is 4.14. The summed E-state index contributed by atoms with van der Waals surface area (Å²) in [5, 5.41) is 12.4. The largest absolute Gasteiger partial charge is 0.481 e. The SMILES string of the molecule is CC1(C(=O)O)CCCCC1NC(=O)CSc1ccccc1. The van der Waals surface area contributed by atoms with E-state index in [1.165, 1.54) is 11.8 Å². The molecule has 2 N–H and O–H groups in total. The minimum absolute atomic E-state index is 0.0942. The number of nitrogens with one attached hydrogen (secondary N) is 1. The van der Waals surface area contributed by atoms with E-state index in [4.69, 9.17) is 0 Å². The number of carbonyl (C=O) groups excluding carboxylic acids is 1. The first-order valence-electron chi connectivity index (χ1n) is 7.23. The van der Waals surface area contributed by atoms with Crippen molar-refractivity contribution in [2.75, 3.05) is 5.75 Å². The lowest BCUT2D eigenvalue weighted by Gasteiger charge is -2.38. The van der Waals surface area contributed by atoms with Crippen molar-refractivity contribution in [2.45, 2.75) is 43.5 Å². The van der Waals surface area contributed by atoms with Crippen molar-refractivity contribution in [2.24, 2.45) is 5.41 Å². The summed E-state index contributed by atoms with van der Waals surface area (Å²) in [4.78, 5) is 24.6. The molecule has 2 atom stereocenters. The normalized spacial score (nSPS) is 25.3. The molecule has 0 radical (unpaired) electrons. The van der Waals surface area contributed by atoms with Gasteiger partial charge < -0.3 is 10.4 Å². The van der Waals surface area contributed by atoms with Crippen molar-refractivity contribution in [3.8, 4) is 0 Å². The van der Waals surface area contributed by atoms with Gasteiger partial charge in [-0.05, 0) is 31.9 Å². The van der Waals surface area contributed by atoms with Crippen LogP contribution in [0.3, 0.4) is 0 Å². The van der Waals surface area contributed by atoms with Gasteiger partial charge in [0.15, 0.2) is 0 Å². The van der Waals surface area contributed by atoms with Gasteiger partial charge in [0.25, 0.3) is 0 Å². The molecule has 0 aromatic heterocycles. The van der Waals surface area contributed by atoms with Crippen LogP contribution in [-0.4, -0.2) is 28.8 Å². The number of amides is 1. The van der Waals surface area contributed by atoms with Gasteiger partial charge in [-0.25, -0.2) is 0 Å². The quantitative estimate of drug-likeness (QED) is 0.821. The lowest BCUT2D eigenvalue weighted by molar-refractivity contribution is -0.152. The molecule has 5 heteroatoms. The van der Waals surface area contributed by atoms with Gasteiger partial charge in [0.05, 0.1) is 11.2 Å². The minimum atomic E-state index is -0.842. The molecule has 1 amide bonds. The highest BCUT2D eigenvalue weighted by Gasteiger charge is 2.43. The molecular formula is C16H21NO3S. The van der Waals surface area contributed by atoms with Crippen molar-refractivity contribution in [1.82, 2.24) is 5.32 Å². The standard InChI is InChI=1S/C16H21NO3S/c1-16(15(19)20)10-6-5-9-13(16)17-14(18)11-21-12-7-3-2-4-8-12/h2-4,7-8,13H,5-6,9-11H2,1H3,(H,17,18)(H,19,20). The first-order chi connectivity index (χ1) is 10.0. The van der Waals surface area contributed by atoms with Crippen molar-refractivity contribution < 1.29 is 14.7 Å². The fourth-order valence-electron chi connectivity index (χ4n) is 2.72. The fraction of sp³-hybridized carbons (Fsp3) is 0.500. The molecule has 1 aliphatic carbocycles. The molecule has 1 saturated carbocycles. The zero-order valence-corrected chi connectivity index (χ0v) is 13.0. The summed E-state index contributed by atoms with van der Waals surface area (Å²) in [5.41, 5.74) is -0.842. The summed E-state index contributed by atoms with van der Waals surface area (Å²) in [7, 11) is 0. The van der Waals surface area contributed by atoms with Crippen LogP contribution in [0.25, 0.3) is 0 Å². The Kier molecular flexibility index (Phi) is 5.28. The molecule has 0 bridgehead atoms. The molecule has 1 aromatic carbocycles. The average Bonchev–Trinajstić information content (AvgIpc) is 2.48. The molecule has 1 fully saturated rings. The van der Waals surface area contributed by atoms with E-state index >= 15 is 0 Å². The van der Waals surface area contributed by atoms with Crippen LogP contribution in [0, 0.1) is 5.41 Å². The second-order valence-corrected chi connectivity index (χ2v) is 6.74. The maximum absolute atomic E-state index is 12.1. The number of carbonyl (C=O) groups is 2. The highest BCUT2D eigenvalue weighted by atomic mass is 32.2. The molecule has 4 nitrogen and oxygen atoms in total. The van der Waals surface area contributed by atoms with E-state index < -0.39 is 11.4 Å². The molecule has 2 unspecified atom stereocenters. The summed E-state index contributed by atoms with van der Waals surface area (Å²) in [6.45, 7) is 1.74. The Bertz CT molecular complexity index is 506. The zero-order valence-electron chi connectivity index (χ0n) is 12.2. The summed E-state index contributed by atoms with van der Waals surface area (Å²) < 4.78 is 0. The number of thioether (sulfide) groups is 1. The number of carboxylic acid groups (broad SMARTS) is 1. The highest BCUT2D eigenvalue weighted by Crippen LogP contribution is 2.36. The zero-order chi connectivity index (χ0) is 15.3. The number of benzene rings is 1. The van der Waals surface area contributed by atoms with Crippen LogP contribution in [0.15, 0.2) is 35.2 Å². The van der Waals surface area contributed by atoms with Crippen molar-refractivity contribution in [3.63, 3.8) is 0 Å². The first kappa shape index (κ1) is 15.9. The van der Waals surface area contributed by atoms with Gasteiger partial charge in [0.1, 0.15) is 0 Å². The van der Waals surface area contributed by atoms with Gasteiger partial charge in [-0.3, -0.25) is 9.59 Å². The van der Waals surface area contributed by atoms with Crippen LogP contribution in [-0.2, 0) is 9.59 Å². The Hall–Kier alpha value is -1.49. The Balaban J connectivity index is 1.90. The van der Waals surface area contributed by atoms with Crippen LogP contribution in [0.5, 0.6) is 0 Å². The molecule has 0 saturated heterocycles. The molecular weight excluding hydrogens is 286 g/mol. The lowest BCUT2D eigenvalue weighted by Crippen LogP contribution is -2.52. The Morgan fingerprint density at radius 3 is 2.71 bits per heavy atom. The van der Waals surface area contributed by atoms with Crippen molar-refractivity contribution in [3.05, 3.63) is 30.3 Å². The Morgan fingerprint density at radius 1 is 1.33 bits per heavy atom. The predicted octanol–water partition coefficient (Wildman–Crippen LogP) is 2.93. The molecule has 21 heavy (non-hydrogen) atoms. The summed E-state index contributed by atoms with van der Waals surface area (Å²) in [6.07, 6.45) is 3.25. The van der Waals surface area contributed by atoms with E-state index in [0.29, 0.717) is 12.2 Å². The van der Waals surface area contributed by atoms with E-state index in [0.717, 1.165) is 24.2 Å². The smallest absolute Gasteiger partial charge is 0.311 e. The maximum Gasteiger partial charge on any atom is 0.311 e. The van der Waals surface area contributed by atoms with E-state index in [-0.39, 0.29) is 11.9 Å². The highest BCUT2D eigenvalue weighted by molar-refractivity contribution is 8.00. The second kappa shape index (κ2) is 6.98. The fourth-order valence-corrected chi connectivity index (χ4v) is 3.45. The monoisotopic (exact) mass is 307 g/mol. The average molecular weight is 307 g/mol. The molecule has 2 rings (SSSR count). The predicted molar refractivity (Wildman–Crippen MR) is 83.3 cm³/mol. The Morgan fingerprint density at radius 2 is 2.05 bits per heavy atom. The summed E-state index contributed by atoms with van der Waals surface area (Å²) in [6, 6.07) is 9.45. The summed E-state index contributed by atoms with van der Waals surface area (Å²) >= 11 is 1.47. The van der Waals surface area contributed by atoms with E-state index in [1.807, 2.05) is 30.3 Å². The number of hydrogen-bond acceptors (Lipinski definition) is 3. The summed E-state index contributed by atoms with van der Waals surface area (Å²) in [5.74, 6) is -0.595. The number of carboxylic acids is 1. The molecule has 0 spiro atoms. The van der Waals surface area contributed by atoms with Crippen LogP contribution in [0.1, 0.15) is 32.6 Å². The van der Waals surface area contributed by atoms with Crippen molar-refractivity contribution >= 4 is 23.6 Å². The van der Waals surface area contributed by atoms with Gasteiger partial charge in [0.2, 0.25) is 5.91 Å². The molecule has 1 aromatic rings. The van der Waals surface area contributed by atoms with Gasteiger partial charge in [0, 0.05) is 10.9 Å². The van der Waals surface area contributed by atoms with E-state index in [9.17, 15) is 14.7 Å². The molecule has 0 aliphatic heterocycles. The van der Waals surface area contributed by atoms with E-state index in [1.54, 1.807) is 6.92 Å². The molecule has 0 heterocycles. The van der Waals surface area contributed by atoms with Crippen molar-refractivity contribution in [1.29, 1.82) is 0 Å². The third-order valence-corrected chi connectivity index (χ3v) is 5.16. The molecule has 1 aliphatic rings. The molecule has 114 valence electrons. The van der Waals surface area contributed by atoms with Gasteiger partial charge in [-0.1, -0.05) is 31.0 Å². The lowest BCUT2D eigenvalue weighted by atomic mass is 9.71. The number of rotatable bonds is 5. The van der Waals surface area contributed by atoms with Gasteiger partial charge in [-0.2, -0.15) is 0 Å². The topological polar surface area (TPSA) is 66.4 Å². The van der Waals surface area contributed by atoms with Crippen LogP contribution in [0.2, 0.25) is 0 Å². The second-order valence-electron chi connectivity index (χ2n) is 5.69. The van der Waals surface area contributed by atoms with Gasteiger partial charge in [-0.15, -0.1) is 11.8 Å². The van der Waals surface area contributed by atoms with Crippen LogP contribution in [0.4, 0.5) is 0 Å². The van der Waals surface area contributed by atoms with Crippen LogP contribution >= 0.6 is 11.8 Å². The maximum atomic E-state index is 12.1. The minimum Gasteiger partial charge on any atom is -0.481 e. The number of hydrogen-bond donors (Lipinski definition) is 2. The van der Waals surface area contributed by atoms with E-state index in [2.05, 4.69) is 5.32 Å².